The molecular formula is C15H22N2O2S. The Hall–Kier alpha value is -1.07. The molecule has 0 aliphatic carbocycles. The fourth-order valence-electron chi connectivity index (χ4n) is 3.44. The fraction of sp³-hybridized carbons (Fsp3) is 0.600. The summed E-state index contributed by atoms with van der Waals surface area (Å²) in [6, 6.07) is 8.89. The van der Waals surface area contributed by atoms with E-state index in [9.17, 15) is 8.42 Å². The van der Waals surface area contributed by atoms with Crippen LogP contribution in [0, 0.1) is 5.92 Å². The summed E-state index contributed by atoms with van der Waals surface area (Å²) in [6.07, 6.45) is 5.56. The lowest BCUT2D eigenvalue weighted by molar-refractivity contribution is 0.250. The van der Waals surface area contributed by atoms with Crippen LogP contribution in [-0.4, -0.2) is 38.1 Å². The van der Waals surface area contributed by atoms with Gasteiger partial charge in [-0.05, 0) is 43.2 Å². The van der Waals surface area contributed by atoms with Crippen LogP contribution < -0.4 is 5.32 Å². The number of benzene rings is 1. The fourth-order valence-corrected chi connectivity index (χ4v) is 4.38. The number of anilines is 1. The van der Waals surface area contributed by atoms with Crippen molar-refractivity contribution in [3.8, 4) is 0 Å². The predicted molar refractivity (Wildman–Crippen MR) is 81.3 cm³/mol. The van der Waals surface area contributed by atoms with Gasteiger partial charge in [0.05, 0.1) is 6.26 Å². The Morgan fingerprint density at radius 1 is 1.35 bits per heavy atom. The number of hydrogen-bond acceptors (Lipinski definition) is 3. The molecule has 1 aromatic carbocycles. The standard InChI is InChI=1S/C15H22N2O2S/c1-20(18,19)17-8-4-5-12(11-17)9-14-10-13-6-2-3-7-15(13)16-14/h2-3,6-7,12,14,16H,4-5,8-11H2,1H3. The SMILES string of the molecule is CS(=O)(=O)N1CCCC(CC2Cc3ccccc3N2)C1. The lowest BCUT2D eigenvalue weighted by atomic mass is 9.91. The van der Waals surface area contributed by atoms with E-state index in [0.29, 0.717) is 25.0 Å². The molecule has 110 valence electrons. The number of sulfonamides is 1. The number of fused-ring (bicyclic) bond motifs is 1. The number of nitrogens with one attached hydrogen (secondary N) is 1. The highest BCUT2D eigenvalue weighted by Gasteiger charge is 2.29. The number of rotatable bonds is 3. The monoisotopic (exact) mass is 294 g/mol. The van der Waals surface area contributed by atoms with Crippen molar-refractivity contribution in [2.75, 3.05) is 24.7 Å². The van der Waals surface area contributed by atoms with Crippen molar-refractivity contribution in [2.45, 2.75) is 31.7 Å². The van der Waals surface area contributed by atoms with Gasteiger partial charge < -0.3 is 5.32 Å². The summed E-state index contributed by atoms with van der Waals surface area (Å²) in [5.41, 5.74) is 2.63. The van der Waals surface area contributed by atoms with E-state index in [0.717, 1.165) is 25.7 Å². The largest absolute Gasteiger partial charge is 0.382 e. The third kappa shape index (κ3) is 2.99. The van der Waals surface area contributed by atoms with E-state index in [4.69, 9.17) is 0 Å². The van der Waals surface area contributed by atoms with Crippen LogP contribution in [0.5, 0.6) is 0 Å². The maximum absolute atomic E-state index is 11.7. The molecule has 1 aromatic rings. The summed E-state index contributed by atoms with van der Waals surface area (Å²) < 4.78 is 25.0. The molecule has 0 bridgehead atoms. The van der Waals surface area contributed by atoms with Crippen molar-refractivity contribution < 1.29 is 8.42 Å². The van der Waals surface area contributed by atoms with Gasteiger partial charge in [0.1, 0.15) is 0 Å². The van der Waals surface area contributed by atoms with Crippen LogP contribution in [0.15, 0.2) is 24.3 Å². The average Bonchev–Trinajstić information content (AvgIpc) is 2.80. The summed E-state index contributed by atoms with van der Waals surface area (Å²) in [5.74, 6) is 0.477. The first-order valence-electron chi connectivity index (χ1n) is 7.32. The van der Waals surface area contributed by atoms with Crippen molar-refractivity contribution in [3.63, 3.8) is 0 Å². The Labute approximate surface area is 121 Å². The van der Waals surface area contributed by atoms with Gasteiger partial charge >= 0.3 is 0 Å². The number of piperidine rings is 1. The molecule has 2 heterocycles. The second-order valence-corrected chi connectivity index (χ2v) is 8.05. The molecular weight excluding hydrogens is 272 g/mol. The minimum absolute atomic E-state index is 0.455. The van der Waals surface area contributed by atoms with Crippen molar-refractivity contribution in [1.82, 2.24) is 4.31 Å². The summed E-state index contributed by atoms with van der Waals surface area (Å²) in [4.78, 5) is 0. The molecule has 5 heteroatoms. The Morgan fingerprint density at radius 2 is 2.15 bits per heavy atom. The highest BCUT2D eigenvalue weighted by molar-refractivity contribution is 7.88. The molecule has 1 saturated heterocycles. The molecule has 0 aromatic heterocycles. The van der Waals surface area contributed by atoms with Crippen LogP contribution in [0.25, 0.3) is 0 Å². The van der Waals surface area contributed by atoms with Gasteiger partial charge in [-0.1, -0.05) is 18.2 Å². The van der Waals surface area contributed by atoms with Gasteiger partial charge in [0.2, 0.25) is 10.0 Å². The maximum Gasteiger partial charge on any atom is 0.211 e. The van der Waals surface area contributed by atoms with Crippen molar-refractivity contribution in [2.24, 2.45) is 5.92 Å². The van der Waals surface area contributed by atoms with Gasteiger partial charge in [-0.15, -0.1) is 0 Å². The molecule has 2 unspecified atom stereocenters. The average molecular weight is 294 g/mol. The minimum atomic E-state index is -3.03. The predicted octanol–water partition coefficient (Wildman–Crippen LogP) is 2.08. The van der Waals surface area contributed by atoms with Crippen LogP contribution in [-0.2, 0) is 16.4 Å². The first-order valence-corrected chi connectivity index (χ1v) is 9.17. The van der Waals surface area contributed by atoms with Gasteiger partial charge in [-0.25, -0.2) is 12.7 Å². The van der Waals surface area contributed by atoms with Gasteiger partial charge in [0.15, 0.2) is 0 Å². The molecule has 2 aliphatic heterocycles. The second-order valence-electron chi connectivity index (χ2n) is 6.07. The molecule has 1 N–H and O–H groups in total. The van der Waals surface area contributed by atoms with Crippen molar-refractivity contribution in [3.05, 3.63) is 29.8 Å². The lowest BCUT2D eigenvalue weighted by Gasteiger charge is -2.32. The maximum atomic E-state index is 11.7. The van der Waals surface area contributed by atoms with E-state index in [1.807, 2.05) is 0 Å². The quantitative estimate of drug-likeness (QED) is 0.928. The number of nitrogens with zero attached hydrogens (tertiary/aromatic N) is 1. The van der Waals surface area contributed by atoms with Crippen LogP contribution >= 0.6 is 0 Å². The normalized spacial score (nSPS) is 27.1. The molecule has 20 heavy (non-hydrogen) atoms. The van der Waals surface area contributed by atoms with Gasteiger partial charge in [-0.3, -0.25) is 0 Å². The third-order valence-electron chi connectivity index (χ3n) is 4.41. The molecule has 1 fully saturated rings. The molecule has 0 radical (unpaired) electrons. The molecule has 3 rings (SSSR count). The summed E-state index contributed by atoms with van der Waals surface area (Å²) in [7, 11) is -3.03. The smallest absolute Gasteiger partial charge is 0.211 e. The summed E-state index contributed by atoms with van der Waals surface area (Å²) in [6.45, 7) is 1.38. The van der Waals surface area contributed by atoms with Gasteiger partial charge in [-0.2, -0.15) is 0 Å². The van der Waals surface area contributed by atoms with E-state index < -0.39 is 10.0 Å². The van der Waals surface area contributed by atoms with E-state index in [1.165, 1.54) is 17.5 Å². The van der Waals surface area contributed by atoms with Crippen molar-refractivity contribution in [1.29, 1.82) is 0 Å². The highest BCUT2D eigenvalue weighted by atomic mass is 32.2. The number of hydrogen-bond donors (Lipinski definition) is 1. The van der Waals surface area contributed by atoms with E-state index in [1.54, 1.807) is 4.31 Å². The molecule has 2 aliphatic rings. The Morgan fingerprint density at radius 3 is 2.90 bits per heavy atom. The topological polar surface area (TPSA) is 49.4 Å². The summed E-state index contributed by atoms with van der Waals surface area (Å²) >= 11 is 0. The molecule has 0 amide bonds. The molecule has 0 spiro atoms. The summed E-state index contributed by atoms with van der Waals surface area (Å²) in [5, 5.41) is 3.57. The molecule has 2 atom stereocenters. The Bertz CT molecular complexity index is 560. The van der Waals surface area contributed by atoms with Crippen LogP contribution in [0.1, 0.15) is 24.8 Å². The molecule has 4 nitrogen and oxygen atoms in total. The zero-order valence-corrected chi connectivity index (χ0v) is 12.7. The second kappa shape index (κ2) is 5.37. The lowest BCUT2D eigenvalue weighted by Crippen LogP contribution is -2.40. The van der Waals surface area contributed by atoms with Crippen LogP contribution in [0.3, 0.4) is 0 Å². The molecule has 0 saturated carbocycles. The Kier molecular flexibility index (Phi) is 3.73. The minimum Gasteiger partial charge on any atom is -0.382 e. The van der Waals surface area contributed by atoms with E-state index in [-0.39, 0.29) is 0 Å². The zero-order chi connectivity index (χ0) is 14.2. The Balaban J connectivity index is 1.60. The van der Waals surface area contributed by atoms with Crippen LogP contribution in [0.2, 0.25) is 0 Å². The highest BCUT2D eigenvalue weighted by Crippen LogP contribution is 2.31. The van der Waals surface area contributed by atoms with Gasteiger partial charge in [0.25, 0.3) is 0 Å². The van der Waals surface area contributed by atoms with E-state index in [2.05, 4.69) is 29.6 Å². The number of para-hydroxylation sites is 1. The van der Waals surface area contributed by atoms with Crippen molar-refractivity contribution >= 4 is 15.7 Å². The van der Waals surface area contributed by atoms with Gasteiger partial charge in [0, 0.05) is 24.8 Å². The third-order valence-corrected chi connectivity index (χ3v) is 5.68. The first-order chi connectivity index (χ1) is 9.52. The van der Waals surface area contributed by atoms with Crippen LogP contribution in [0.4, 0.5) is 5.69 Å². The zero-order valence-electron chi connectivity index (χ0n) is 11.9. The van der Waals surface area contributed by atoms with E-state index >= 15 is 0 Å². The first kappa shape index (κ1) is 13.9.